The SMILES string of the molecule is CC(c1cccc(Br)c1)N1CCCC1=N. The Morgan fingerprint density at radius 3 is 2.87 bits per heavy atom. The monoisotopic (exact) mass is 266 g/mol. The minimum Gasteiger partial charge on any atom is -0.354 e. The zero-order valence-electron chi connectivity index (χ0n) is 8.83. The Kier molecular flexibility index (Phi) is 3.10. The number of benzene rings is 1. The Labute approximate surface area is 98.9 Å². The molecule has 1 aromatic rings. The van der Waals surface area contributed by atoms with E-state index in [1.54, 1.807) is 0 Å². The summed E-state index contributed by atoms with van der Waals surface area (Å²) in [5.74, 6) is 0.780. The molecule has 1 aliphatic rings. The second-order valence-electron chi connectivity index (χ2n) is 3.97. The summed E-state index contributed by atoms with van der Waals surface area (Å²) < 4.78 is 1.11. The summed E-state index contributed by atoms with van der Waals surface area (Å²) in [6.45, 7) is 3.19. The summed E-state index contributed by atoms with van der Waals surface area (Å²) >= 11 is 3.48. The van der Waals surface area contributed by atoms with Crippen molar-refractivity contribution in [3.8, 4) is 0 Å². The summed E-state index contributed by atoms with van der Waals surface area (Å²) in [7, 11) is 0. The van der Waals surface area contributed by atoms with Crippen LogP contribution in [0.25, 0.3) is 0 Å². The lowest BCUT2D eigenvalue weighted by Crippen LogP contribution is -2.27. The first-order valence-electron chi connectivity index (χ1n) is 5.28. The van der Waals surface area contributed by atoms with Crippen LogP contribution >= 0.6 is 15.9 Å². The molecule has 0 bridgehead atoms. The molecule has 1 aliphatic heterocycles. The van der Waals surface area contributed by atoms with Gasteiger partial charge in [-0.15, -0.1) is 0 Å². The van der Waals surface area contributed by atoms with Gasteiger partial charge in [0, 0.05) is 17.4 Å². The van der Waals surface area contributed by atoms with E-state index in [-0.39, 0.29) is 0 Å². The molecule has 0 aromatic heterocycles. The van der Waals surface area contributed by atoms with Crippen LogP contribution in [-0.4, -0.2) is 17.3 Å². The Balaban J connectivity index is 2.20. The fourth-order valence-electron chi connectivity index (χ4n) is 2.07. The molecule has 80 valence electrons. The summed E-state index contributed by atoms with van der Waals surface area (Å²) in [6, 6.07) is 8.66. The van der Waals surface area contributed by atoms with Crippen LogP contribution in [0.5, 0.6) is 0 Å². The van der Waals surface area contributed by atoms with Gasteiger partial charge in [-0.2, -0.15) is 0 Å². The van der Waals surface area contributed by atoms with E-state index >= 15 is 0 Å². The van der Waals surface area contributed by atoms with Gasteiger partial charge >= 0.3 is 0 Å². The van der Waals surface area contributed by atoms with Crippen molar-refractivity contribution in [2.45, 2.75) is 25.8 Å². The zero-order chi connectivity index (χ0) is 10.8. The first-order chi connectivity index (χ1) is 7.18. The van der Waals surface area contributed by atoms with Crippen LogP contribution in [0.2, 0.25) is 0 Å². The maximum absolute atomic E-state index is 7.85. The number of nitrogens with zero attached hydrogens (tertiary/aromatic N) is 1. The number of hydrogen-bond acceptors (Lipinski definition) is 1. The second-order valence-corrected chi connectivity index (χ2v) is 4.89. The average Bonchev–Trinajstić information content (AvgIpc) is 2.63. The summed E-state index contributed by atoms with van der Waals surface area (Å²) in [5.41, 5.74) is 1.27. The Bertz CT molecular complexity index is 376. The van der Waals surface area contributed by atoms with E-state index in [4.69, 9.17) is 5.41 Å². The van der Waals surface area contributed by atoms with Crippen molar-refractivity contribution in [3.63, 3.8) is 0 Å². The number of hydrogen-bond donors (Lipinski definition) is 1. The number of nitrogens with one attached hydrogen (secondary N) is 1. The molecule has 1 atom stereocenters. The lowest BCUT2D eigenvalue weighted by Gasteiger charge is -2.26. The molecule has 1 aromatic carbocycles. The highest BCUT2D eigenvalue weighted by Crippen LogP contribution is 2.27. The minimum absolute atomic E-state index is 0.317. The Morgan fingerprint density at radius 1 is 1.47 bits per heavy atom. The van der Waals surface area contributed by atoms with Crippen molar-refractivity contribution < 1.29 is 0 Å². The molecule has 0 aliphatic carbocycles. The van der Waals surface area contributed by atoms with E-state index < -0.39 is 0 Å². The standard InChI is InChI=1S/C12H15BrN2/c1-9(15-7-3-6-12(15)14)10-4-2-5-11(13)8-10/h2,4-5,8-9,14H,3,6-7H2,1H3. The first-order valence-corrected chi connectivity index (χ1v) is 6.07. The molecule has 0 saturated carbocycles. The quantitative estimate of drug-likeness (QED) is 0.871. The van der Waals surface area contributed by atoms with Crippen molar-refractivity contribution in [1.29, 1.82) is 5.41 Å². The van der Waals surface area contributed by atoms with Crippen LogP contribution in [0.1, 0.15) is 31.4 Å². The maximum Gasteiger partial charge on any atom is 0.0963 e. The molecule has 0 spiro atoms. The van der Waals surface area contributed by atoms with Crippen molar-refractivity contribution in [2.75, 3.05) is 6.54 Å². The molecule has 1 heterocycles. The molecule has 0 radical (unpaired) electrons. The highest BCUT2D eigenvalue weighted by molar-refractivity contribution is 9.10. The van der Waals surface area contributed by atoms with Crippen molar-refractivity contribution in [2.24, 2.45) is 0 Å². The smallest absolute Gasteiger partial charge is 0.0963 e. The molecular formula is C12H15BrN2. The van der Waals surface area contributed by atoms with E-state index in [2.05, 4.69) is 46.0 Å². The van der Waals surface area contributed by atoms with Gasteiger partial charge in [0.15, 0.2) is 0 Å². The average molecular weight is 267 g/mol. The van der Waals surface area contributed by atoms with E-state index in [9.17, 15) is 0 Å². The lowest BCUT2D eigenvalue weighted by atomic mass is 10.1. The van der Waals surface area contributed by atoms with Crippen LogP contribution in [0, 0.1) is 5.41 Å². The van der Waals surface area contributed by atoms with Crippen LogP contribution < -0.4 is 0 Å². The topological polar surface area (TPSA) is 27.1 Å². The zero-order valence-corrected chi connectivity index (χ0v) is 10.4. The second kappa shape index (κ2) is 4.35. The van der Waals surface area contributed by atoms with Gasteiger partial charge in [-0.25, -0.2) is 0 Å². The predicted molar refractivity (Wildman–Crippen MR) is 66.2 cm³/mol. The molecule has 15 heavy (non-hydrogen) atoms. The number of likely N-dealkylation sites (tertiary alicyclic amines) is 1. The molecule has 1 saturated heterocycles. The predicted octanol–water partition coefficient (Wildman–Crippen LogP) is 3.58. The summed E-state index contributed by atoms with van der Waals surface area (Å²) in [4.78, 5) is 2.18. The highest BCUT2D eigenvalue weighted by Gasteiger charge is 2.22. The van der Waals surface area contributed by atoms with Gasteiger partial charge in [-0.3, -0.25) is 5.41 Å². The van der Waals surface area contributed by atoms with Gasteiger partial charge in [-0.05, 0) is 31.0 Å². The third kappa shape index (κ3) is 2.23. The van der Waals surface area contributed by atoms with Crippen LogP contribution in [0.15, 0.2) is 28.7 Å². The van der Waals surface area contributed by atoms with Gasteiger partial charge in [0.2, 0.25) is 0 Å². The summed E-state index contributed by atoms with van der Waals surface area (Å²) in [5, 5.41) is 7.85. The number of rotatable bonds is 2. The number of amidine groups is 1. The Morgan fingerprint density at radius 2 is 2.27 bits per heavy atom. The molecule has 2 nitrogen and oxygen atoms in total. The fourth-order valence-corrected chi connectivity index (χ4v) is 2.49. The van der Waals surface area contributed by atoms with Gasteiger partial charge in [0.1, 0.15) is 0 Å². The van der Waals surface area contributed by atoms with E-state index in [0.29, 0.717) is 6.04 Å². The van der Waals surface area contributed by atoms with Crippen molar-refractivity contribution in [1.82, 2.24) is 4.90 Å². The van der Waals surface area contributed by atoms with Gasteiger partial charge in [0.05, 0.1) is 11.9 Å². The van der Waals surface area contributed by atoms with Crippen LogP contribution in [-0.2, 0) is 0 Å². The summed E-state index contributed by atoms with van der Waals surface area (Å²) in [6.07, 6.45) is 2.05. The molecule has 1 fully saturated rings. The van der Waals surface area contributed by atoms with Crippen molar-refractivity contribution in [3.05, 3.63) is 34.3 Å². The van der Waals surface area contributed by atoms with E-state index in [0.717, 1.165) is 29.7 Å². The normalized spacial score (nSPS) is 18.3. The highest BCUT2D eigenvalue weighted by atomic mass is 79.9. The van der Waals surface area contributed by atoms with Gasteiger partial charge < -0.3 is 4.90 Å². The third-order valence-electron chi connectivity index (χ3n) is 2.96. The van der Waals surface area contributed by atoms with E-state index in [1.807, 2.05) is 6.07 Å². The largest absolute Gasteiger partial charge is 0.354 e. The van der Waals surface area contributed by atoms with Gasteiger partial charge in [-0.1, -0.05) is 28.1 Å². The molecule has 0 amide bonds. The fraction of sp³-hybridized carbons (Fsp3) is 0.417. The third-order valence-corrected chi connectivity index (χ3v) is 3.45. The maximum atomic E-state index is 7.85. The Hall–Kier alpha value is -0.830. The minimum atomic E-state index is 0.317. The van der Waals surface area contributed by atoms with Crippen molar-refractivity contribution >= 4 is 21.8 Å². The molecule has 1 unspecified atom stereocenters. The number of halogens is 1. The van der Waals surface area contributed by atoms with Gasteiger partial charge in [0.25, 0.3) is 0 Å². The van der Waals surface area contributed by atoms with Crippen LogP contribution in [0.3, 0.4) is 0 Å². The van der Waals surface area contributed by atoms with E-state index in [1.165, 1.54) is 5.56 Å². The molecule has 2 rings (SSSR count). The van der Waals surface area contributed by atoms with Crippen LogP contribution in [0.4, 0.5) is 0 Å². The molecular weight excluding hydrogens is 252 g/mol. The lowest BCUT2D eigenvalue weighted by molar-refractivity contribution is 0.362. The molecule has 1 N–H and O–H groups in total. The molecule has 3 heteroatoms. The first kappa shape index (κ1) is 10.7.